The van der Waals surface area contributed by atoms with Crippen molar-refractivity contribution in [2.45, 2.75) is 19.6 Å². The van der Waals surface area contributed by atoms with Gasteiger partial charge in [-0.3, -0.25) is 4.99 Å². The number of hydrogen-bond donors (Lipinski definition) is 2. The molecule has 0 aromatic heterocycles. The standard InChI is InChI=1S/C19H24FN3O.HI/c1-14-6-4-5-7-16(14)12-22-19(21-2)23-13-18(24-3)15-8-10-17(20)11-9-15;/h4-11,18H,12-13H2,1-3H3,(H2,21,22,23);1H. The van der Waals surface area contributed by atoms with Gasteiger partial charge in [0.1, 0.15) is 5.82 Å². The molecule has 2 rings (SSSR count). The normalized spacial score (nSPS) is 12.2. The lowest BCUT2D eigenvalue weighted by Gasteiger charge is -2.19. The van der Waals surface area contributed by atoms with Crippen LogP contribution in [0.1, 0.15) is 22.8 Å². The first kappa shape index (κ1) is 21.4. The molecule has 136 valence electrons. The Morgan fingerprint density at radius 3 is 2.40 bits per heavy atom. The fourth-order valence-electron chi connectivity index (χ4n) is 2.41. The first-order chi connectivity index (χ1) is 11.6. The van der Waals surface area contributed by atoms with E-state index in [4.69, 9.17) is 4.74 Å². The highest BCUT2D eigenvalue weighted by atomic mass is 127. The number of methoxy groups -OCH3 is 1. The molecule has 1 atom stereocenters. The predicted molar refractivity (Wildman–Crippen MR) is 111 cm³/mol. The largest absolute Gasteiger partial charge is 0.375 e. The summed E-state index contributed by atoms with van der Waals surface area (Å²) in [5.41, 5.74) is 3.38. The van der Waals surface area contributed by atoms with E-state index < -0.39 is 0 Å². The Kier molecular flexibility index (Phi) is 9.44. The van der Waals surface area contributed by atoms with Crippen LogP contribution in [0.2, 0.25) is 0 Å². The number of hydrogen-bond acceptors (Lipinski definition) is 2. The van der Waals surface area contributed by atoms with Gasteiger partial charge in [-0.15, -0.1) is 24.0 Å². The van der Waals surface area contributed by atoms with Crippen LogP contribution in [0.5, 0.6) is 0 Å². The SMILES string of the molecule is CN=C(NCc1ccccc1C)NCC(OC)c1ccc(F)cc1.I. The van der Waals surface area contributed by atoms with Crippen LogP contribution >= 0.6 is 24.0 Å². The van der Waals surface area contributed by atoms with E-state index in [1.54, 1.807) is 26.3 Å². The second-order valence-electron chi connectivity index (χ2n) is 5.51. The third-order valence-electron chi connectivity index (χ3n) is 3.91. The lowest BCUT2D eigenvalue weighted by Crippen LogP contribution is -2.39. The smallest absolute Gasteiger partial charge is 0.191 e. The molecule has 1 unspecified atom stereocenters. The molecule has 0 bridgehead atoms. The number of guanidine groups is 1. The molecule has 0 fully saturated rings. The summed E-state index contributed by atoms with van der Waals surface area (Å²) >= 11 is 0. The molecule has 0 saturated heterocycles. The number of ether oxygens (including phenoxy) is 1. The van der Waals surface area contributed by atoms with Crippen molar-refractivity contribution < 1.29 is 9.13 Å². The summed E-state index contributed by atoms with van der Waals surface area (Å²) in [4.78, 5) is 4.23. The highest BCUT2D eigenvalue weighted by Crippen LogP contribution is 2.16. The van der Waals surface area contributed by atoms with Crippen molar-refractivity contribution >= 4 is 29.9 Å². The van der Waals surface area contributed by atoms with Crippen molar-refractivity contribution in [3.8, 4) is 0 Å². The molecule has 0 aliphatic rings. The fourth-order valence-corrected chi connectivity index (χ4v) is 2.41. The molecule has 2 aromatic rings. The second-order valence-corrected chi connectivity index (χ2v) is 5.51. The van der Waals surface area contributed by atoms with Crippen LogP contribution in [-0.2, 0) is 11.3 Å². The van der Waals surface area contributed by atoms with Gasteiger partial charge >= 0.3 is 0 Å². The van der Waals surface area contributed by atoms with Crippen molar-refractivity contribution in [1.29, 1.82) is 0 Å². The molecule has 2 N–H and O–H groups in total. The van der Waals surface area contributed by atoms with Gasteiger partial charge in [0.05, 0.1) is 6.10 Å². The van der Waals surface area contributed by atoms with E-state index in [1.165, 1.54) is 23.3 Å². The monoisotopic (exact) mass is 457 g/mol. The molecule has 0 amide bonds. The topological polar surface area (TPSA) is 45.7 Å². The second kappa shape index (κ2) is 11.0. The minimum atomic E-state index is -0.253. The minimum absolute atomic E-state index is 0. The quantitative estimate of drug-likeness (QED) is 0.394. The third-order valence-corrected chi connectivity index (χ3v) is 3.91. The maximum absolute atomic E-state index is 13.0. The zero-order valence-electron chi connectivity index (χ0n) is 14.8. The first-order valence-corrected chi connectivity index (χ1v) is 7.91. The summed E-state index contributed by atoms with van der Waals surface area (Å²) in [6.45, 7) is 3.32. The van der Waals surface area contributed by atoms with Crippen LogP contribution in [-0.4, -0.2) is 26.7 Å². The molecule has 0 aliphatic heterocycles. The summed E-state index contributed by atoms with van der Waals surface area (Å²) < 4.78 is 18.5. The van der Waals surface area contributed by atoms with Gasteiger partial charge in [0.2, 0.25) is 0 Å². The van der Waals surface area contributed by atoms with Crippen molar-refractivity contribution in [3.05, 3.63) is 71.0 Å². The molecule has 2 aromatic carbocycles. The van der Waals surface area contributed by atoms with E-state index in [-0.39, 0.29) is 35.9 Å². The molecule has 0 saturated carbocycles. The highest BCUT2D eigenvalue weighted by molar-refractivity contribution is 14.0. The van der Waals surface area contributed by atoms with E-state index in [0.29, 0.717) is 19.0 Å². The predicted octanol–water partition coefficient (Wildman–Crippen LogP) is 3.80. The third kappa shape index (κ3) is 6.62. The van der Waals surface area contributed by atoms with Gasteiger partial charge < -0.3 is 15.4 Å². The number of aliphatic imine (C=N–C) groups is 1. The first-order valence-electron chi connectivity index (χ1n) is 7.91. The molecular weight excluding hydrogens is 432 g/mol. The minimum Gasteiger partial charge on any atom is -0.375 e. The van der Waals surface area contributed by atoms with Gasteiger partial charge in [0.25, 0.3) is 0 Å². The van der Waals surface area contributed by atoms with Crippen molar-refractivity contribution in [2.24, 2.45) is 4.99 Å². The van der Waals surface area contributed by atoms with Gasteiger partial charge in [-0.1, -0.05) is 36.4 Å². The van der Waals surface area contributed by atoms with E-state index in [2.05, 4.69) is 34.7 Å². The number of nitrogens with zero attached hydrogens (tertiary/aromatic N) is 1. The molecule has 25 heavy (non-hydrogen) atoms. The summed E-state index contributed by atoms with van der Waals surface area (Å²) in [5.74, 6) is 0.444. The zero-order valence-corrected chi connectivity index (χ0v) is 17.1. The number of halogens is 2. The van der Waals surface area contributed by atoms with Crippen LogP contribution < -0.4 is 10.6 Å². The maximum atomic E-state index is 13.0. The van der Waals surface area contributed by atoms with Crippen molar-refractivity contribution in [3.63, 3.8) is 0 Å². The summed E-state index contributed by atoms with van der Waals surface area (Å²) in [5, 5.41) is 6.53. The van der Waals surface area contributed by atoms with Gasteiger partial charge in [0, 0.05) is 27.2 Å². The van der Waals surface area contributed by atoms with Gasteiger partial charge in [-0.05, 0) is 35.7 Å². The van der Waals surface area contributed by atoms with Crippen molar-refractivity contribution in [2.75, 3.05) is 20.7 Å². The van der Waals surface area contributed by atoms with E-state index in [0.717, 1.165) is 5.56 Å². The number of rotatable bonds is 6. The Hall–Kier alpha value is -1.67. The van der Waals surface area contributed by atoms with E-state index in [1.807, 2.05) is 12.1 Å². The van der Waals surface area contributed by atoms with Gasteiger partial charge in [-0.2, -0.15) is 0 Å². The molecule has 0 spiro atoms. The van der Waals surface area contributed by atoms with E-state index >= 15 is 0 Å². The molecule has 0 heterocycles. The van der Waals surface area contributed by atoms with Crippen LogP contribution in [0.4, 0.5) is 4.39 Å². The maximum Gasteiger partial charge on any atom is 0.191 e. The number of benzene rings is 2. The summed E-state index contributed by atoms with van der Waals surface area (Å²) in [6.07, 6.45) is -0.178. The van der Waals surface area contributed by atoms with Crippen molar-refractivity contribution in [1.82, 2.24) is 10.6 Å². The summed E-state index contributed by atoms with van der Waals surface area (Å²) in [6, 6.07) is 14.6. The number of aryl methyl sites for hydroxylation is 1. The lowest BCUT2D eigenvalue weighted by atomic mass is 10.1. The zero-order chi connectivity index (χ0) is 17.4. The molecule has 4 nitrogen and oxygen atoms in total. The van der Waals surface area contributed by atoms with Crippen LogP contribution in [0.3, 0.4) is 0 Å². The Balaban J connectivity index is 0.00000312. The Morgan fingerprint density at radius 1 is 1.12 bits per heavy atom. The van der Waals surface area contributed by atoms with Crippen LogP contribution in [0, 0.1) is 12.7 Å². The Labute approximate surface area is 165 Å². The van der Waals surface area contributed by atoms with E-state index in [9.17, 15) is 4.39 Å². The van der Waals surface area contributed by atoms with Crippen LogP contribution in [0.15, 0.2) is 53.5 Å². The fraction of sp³-hybridized carbons (Fsp3) is 0.316. The summed E-state index contributed by atoms with van der Waals surface area (Å²) in [7, 11) is 3.37. The average molecular weight is 457 g/mol. The number of nitrogens with one attached hydrogen (secondary N) is 2. The average Bonchev–Trinajstić information content (AvgIpc) is 2.60. The molecule has 0 radical (unpaired) electrons. The molecular formula is C19H25FIN3O. The van der Waals surface area contributed by atoms with Gasteiger partial charge in [-0.25, -0.2) is 4.39 Å². The molecule has 0 aliphatic carbocycles. The Bertz CT molecular complexity index is 677. The Morgan fingerprint density at radius 2 is 1.80 bits per heavy atom. The van der Waals surface area contributed by atoms with Crippen LogP contribution in [0.25, 0.3) is 0 Å². The van der Waals surface area contributed by atoms with Gasteiger partial charge in [0.15, 0.2) is 5.96 Å². The lowest BCUT2D eigenvalue weighted by molar-refractivity contribution is 0.106. The highest BCUT2D eigenvalue weighted by Gasteiger charge is 2.11. The molecule has 6 heteroatoms.